The van der Waals surface area contributed by atoms with Crippen LogP contribution in [-0.4, -0.2) is 14.3 Å². The number of nitrogens with zero attached hydrogens (tertiary/aromatic N) is 4. The Kier molecular flexibility index (Phi) is 3.89. The van der Waals surface area contributed by atoms with Gasteiger partial charge in [0, 0.05) is 6.07 Å². The molecule has 0 saturated heterocycles. The molecule has 5 nitrogen and oxygen atoms in total. The minimum atomic E-state index is -5.43. The van der Waals surface area contributed by atoms with Crippen LogP contribution in [0.3, 0.4) is 0 Å². The summed E-state index contributed by atoms with van der Waals surface area (Å²) < 4.78 is 89.0. The van der Waals surface area contributed by atoms with Gasteiger partial charge in [0.1, 0.15) is 17.6 Å². The third-order valence-electron chi connectivity index (χ3n) is 2.64. The summed E-state index contributed by atoms with van der Waals surface area (Å²) in [5.41, 5.74) is -3.95. The van der Waals surface area contributed by atoms with Gasteiger partial charge in [0.05, 0.1) is 5.56 Å². The normalized spacial score (nSPS) is 11.8. The molecule has 0 fully saturated rings. The largest absolute Gasteiger partial charge is 0.451 e. The third-order valence-corrected chi connectivity index (χ3v) is 2.64. The lowest BCUT2D eigenvalue weighted by molar-refractivity contribution is -0.152. The van der Waals surface area contributed by atoms with Crippen molar-refractivity contribution in [2.75, 3.05) is 0 Å². The molecule has 12 heteroatoms. The quantitative estimate of drug-likeness (QED) is 0.790. The van der Waals surface area contributed by atoms with E-state index in [0.29, 0.717) is 6.07 Å². The Morgan fingerprint density at radius 3 is 2.22 bits per heavy atom. The standard InChI is InChI=1S/C11H3F7N4O/c12-5-2-7(6(13)1-4(5)3-19)22-10(23)21(9(14)15)8(20-22)11(16,17)18/h1-2,9H. The van der Waals surface area contributed by atoms with Crippen molar-refractivity contribution < 1.29 is 30.7 Å². The van der Waals surface area contributed by atoms with E-state index in [-0.39, 0.29) is 10.7 Å². The van der Waals surface area contributed by atoms with Crippen LogP contribution in [0.25, 0.3) is 5.69 Å². The Labute approximate surface area is 121 Å². The number of halogens is 7. The highest BCUT2D eigenvalue weighted by molar-refractivity contribution is 5.41. The molecule has 0 unspecified atom stereocenters. The summed E-state index contributed by atoms with van der Waals surface area (Å²) in [6.07, 6.45) is -5.43. The molecule has 122 valence electrons. The van der Waals surface area contributed by atoms with Crippen molar-refractivity contribution in [3.63, 3.8) is 0 Å². The molecule has 0 bridgehead atoms. The van der Waals surface area contributed by atoms with E-state index in [1.54, 1.807) is 0 Å². The van der Waals surface area contributed by atoms with Crippen LogP contribution in [0.15, 0.2) is 16.9 Å². The summed E-state index contributed by atoms with van der Waals surface area (Å²) in [4.78, 5) is 11.6. The molecule has 0 aliphatic rings. The van der Waals surface area contributed by atoms with Gasteiger partial charge in [-0.05, 0) is 6.07 Å². The van der Waals surface area contributed by atoms with Gasteiger partial charge in [-0.15, -0.1) is 5.10 Å². The second-order valence-electron chi connectivity index (χ2n) is 4.06. The molecule has 0 aliphatic heterocycles. The zero-order chi connectivity index (χ0) is 17.5. The van der Waals surface area contributed by atoms with Crippen molar-refractivity contribution in [2.45, 2.75) is 12.7 Å². The maximum atomic E-state index is 13.7. The first kappa shape index (κ1) is 16.5. The van der Waals surface area contributed by atoms with Crippen molar-refractivity contribution in [3.8, 4) is 11.8 Å². The lowest BCUT2D eigenvalue weighted by Crippen LogP contribution is -2.27. The van der Waals surface area contributed by atoms with Crippen LogP contribution in [0, 0.1) is 23.0 Å². The number of hydrogen-bond acceptors (Lipinski definition) is 3. The van der Waals surface area contributed by atoms with Crippen LogP contribution in [0.5, 0.6) is 0 Å². The summed E-state index contributed by atoms with van der Waals surface area (Å²) in [5, 5.41) is 11.1. The van der Waals surface area contributed by atoms with Crippen LogP contribution < -0.4 is 5.69 Å². The van der Waals surface area contributed by atoms with Crippen LogP contribution in [0.4, 0.5) is 30.7 Å². The maximum absolute atomic E-state index is 13.7. The third kappa shape index (κ3) is 2.77. The highest BCUT2D eigenvalue weighted by Crippen LogP contribution is 2.29. The summed E-state index contributed by atoms with van der Waals surface area (Å²) in [6.45, 7) is -3.90. The van der Waals surface area contributed by atoms with Crippen molar-refractivity contribution >= 4 is 0 Å². The van der Waals surface area contributed by atoms with E-state index in [4.69, 9.17) is 5.26 Å². The van der Waals surface area contributed by atoms with Gasteiger partial charge in [-0.1, -0.05) is 0 Å². The predicted octanol–water partition coefficient (Wildman–Crippen LogP) is 2.60. The van der Waals surface area contributed by atoms with Gasteiger partial charge in [0.15, 0.2) is 5.82 Å². The van der Waals surface area contributed by atoms with Gasteiger partial charge >= 0.3 is 18.4 Å². The van der Waals surface area contributed by atoms with Crippen molar-refractivity contribution in [1.82, 2.24) is 14.3 Å². The molecule has 2 aromatic rings. The molecule has 23 heavy (non-hydrogen) atoms. The Balaban J connectivity index is 2.79. The second kappa shape index (κ2) is 5.41. The topological polar surface area (TPSA) is 63.6 Å². The van der Waals surface area contributed by atoms with Gasteiger partial charge in [-0.3, -0.25) is 0 Å². The maximum Gasteiger partial charge on any atom is 0.451 e. The zero-order valence-electron chi connectivity index (χ0n) is 10.6. The molecular weight excluding hydrogens is 337 g/mol. The summed E-state index contributed by atoms with van der Waals surface area (Å²) in [7, 11) is 0. The van der Waals surface area contributed by atoms with E-state index in [9.17, 15) is 35.5 Å². The molecule has 0 spiro atoms. The number of hydrogen-bond donors (Lipinski definition) is 0. The van der Waals surface area contributed by atoms with Crippen LogP contribution in [0.2, 0.25) is 0 Å². The number of aromatic nitrogens is 3. The van der Waals surface area contributed by atoms with E-state index in [1.807, 2.05) is 0 Å². The van der Waals surface area contributed by atoms with Crippen LogP contribution in [-0.2, 0) is 6.18 Å². The molecule has 0 atom stereocenters. The minimum Gasteiger partial charge on any atom is -0.245 e. The van der Waals surface area contributed by atoms with Gasteiger partial charge in [0.25, 0.3) is 0 Å². The first-order valence-electron chi connectivity index (χ1n) is 5.54. The number of benzene rings is 1. The molecule has 1 aromatic heterocycles. The van der Waals surface area contributed by atoms with Gasteiger partial charge in [0.2, 0.25) is 5.82 Å². The van der Waals surface area contributed by atoms with E-state index in [0.717, 1.165) is 0 Å². The zero-order valence-corrected chi connectivity index (χ0v) is 10.6. The molecule has 0 saturated carbocycles. The SMILES string of the molecule is N#Cc1cc(F)c(-n2nc(C(F)(F)F)n(C(F)F)c2=O)cc1F. The van der Waals surface area contributed by atoms with Crippen molar-refractivity contribution in [2.24, 2.45) is 0 Å². The molecule has 0 N–H and O–H groups in total. The molecule has 0 radical (unpaired) electrons. The molecule has 0 aliphatic carbocycles. The summed E-state index contributed by atoms with van der Waals surface area (Å²) >= 11 is 0. The van der Waals surface area contributed by atoms with Gasteiger partial charge < -0.3 is 0 Å². The molecule has 1 heterocycles. The van der Waals surface area contributed by atoms with Crippen molar-refractivity contribution in [3.05, 3.63) is 45.6 Å². The smallest absolute Gasteiger partial charge is 0.245 e. The Hall–Kier alpha value is -2.84. The number of alkyl halides is 5. The lowest BCUT2D eigenvalue weighted by atomic mass is 10.2. The van der Waals surface area contributed by atoms with Crippen LogP contribution >= 0.6 is 0 Å². The minimum absolute atomic E-state index is 0.207. The first-order valence-corrected chi connectivity index (χ1v) is 5.54. The van der Waals surface area contributed by atoms with Gasteiger partial charge in [-0.2, -0.15) is 31.9 Å². The average molecular weight is 340 g/mol. The second-order valence-corrected chi connectivity index (χ2v) is 4.06. The average Bonchev–Trinajstić information content (AvgIpc) is 2.78. The Bertz CT molecular complexity index is 859. The summed E-state index contributed by atoms with van der Waals surface area (Å²) in [5.74, 6) is -5.13. The number of nitriles is 1. The Morgan fingerprint density at radius 2 is 1.78 bits per heavy atom. The predicted molar refractivity (Wildman–Crippen MR) is 58.7 cm³/mol. The highest BCUT2D eigenvalue weighted by atomic mass is 19.4. The lowest BCUT2D eigenvalue weighted by Gasteiger charge is -2.05. The van der Waals surface area contributed by atoms with E-state index < -0.39 is 51.7 Å². The summed E-state index contributed by atoms with van der Waals surface area (Å²) in [6, 6.07) is 1.76. The fraction of sp³-hybridized carbons (Fsp3) is 0.182. The molecule has 2 rings (SSSR count). The van der Waals surface area contributed by atoms with Crippen molar-refractivity contribution in [1.29, 1.82) is 5.26 Å². The van der Waals surface area contributed by atoms with Crippen LogP contribution in [0.1, 0.15) is 17.9 Å². The van der Waals surface area contributed by atoms with E-state index >= 15 is 0 Å². The Morgan fingerprint density at radius 1 is 1.17 bits per heavy atom. The van der Waals surface area contributed by atoms with Gasteiger partial charge in [-0.25, -0.2) is 18.1 Å². The molecule has 1 aromatic carbocycles. The van der Waals surface area contributed by atoms with E-state index in [1.165, 1.54) is 6.07 Å². The fourth-order valence-electron chi connectivity index (χ4n) is 1.69. The monoisotopic (exact) mass is 340 g/mol. The highest BCUT2D eigenvalue weighted by Gasteiger charge is 2.41. The number of rotatable bonds is 2. The fourth-order valence-corrected chi connectivity index (χ4v) is 1.69. The molecule has 0 amide bonds. The van der Waals surface area contributed by atoms with E-state index in [2.05, 4.69) is 5.10 Å². The molecular formula is C11H3F7N4O. The first-order chi connectivity index (χ1) is 10.6.